The molecule has 1 fully saturated rings. The summed E-state index contributed by atoms with van der Waals surface area (Å²) < 4.78 is 10.9. The summed E-state index contributed by atoms with van der Waals surface area (Å²) in [5.74, 6) is 0. The molecule has 1 rings (SSSR count). The Balaban J connectivity index is 2.63. The van der Waals surface area contributed by atoms with Gasteiger partial charge in [0.05, 0.1) is 6.61 Å². The highest BCUT2D eigenvalue weighted by molar-refractivity contribution is 7.93. The van der Waals surface area contributed by atoms with Gasteiger partial charge in [-0.05, 0) is 72.3 Å². The second kappa shape index (κ2) is 7.03. The van der Waals surface area contributed by atoms with Crippen molar-refractivity contribution in [1.29, 1.82) is 0 Å². The highest BCUT2D eigenvalue weighted by Crippen LogP contribution is 2.36. The molecule has 0 bridgehead atoms. The predicted octanol–water partition coefficient (Wildman–Crippen LogP) is 4.24. The molecule has 0 N–H and O–H groups in total. The lowest BCUT2D eigenvalue weighted by atomic mass is 10.0. The van der Waals surface area contributed by atoms with Crippen LogP contribution in [0.2, 0.25) is 0 Å². The number of rotatable bonds is 5. The van der Waals surface area contributed by atoms with Crippen molar-refractivity contribution in [1.82, 2.24) is 4.90 Å². The van der Waals surface area contributed by atoms with E-state index in [9.17, 15) is 4.79 Å². The highest BCUT2D eigenvalue weighted by Gasteiger charge is 2.43. The van der Waals surface area contributed by atoms with E-state index in [1.54, 1.807) is 0 Å². The van der Waals surface area contributed by atoms with Gasteiger partial charge in [-0.2, -0.15) is 0 Å². The van der Waals surface area contributed by atoms with Gasteiger partial charge in [0, 0.05) is 17.8 Å². The lowest BCUT2D eigenvalue weighted by molar-refractivity contribution is 0.00261. The van der Waals surface area contributed by atoms with Crippen LogP contribution in [0.5, 0.6) is 0 Å². The molecule has 1 heterocycles. The number of nitrogens with zero attached hydrogens (tertiary/aromatic N) is 1. The van der Waals surface area contributed by atoms with E-state index in [4.69, 9.17) is 8.92 Å². The molecule has 0 aromatic heterocycles. The van der Waals surface area contributed by atoms with Crippen LogP contribution in [0.25, 0.3) is 0 Å². The Bertz CT molecular complexity index is 326. The molecule has 4 nitrogen and oxygen atoms in total. The highest BCUT2D eigenvalue weighted by atomic mass is 32.2. The van der Waals surface area contributed by atoms with Gasteiger partial charge < -0.3 is 13.8 Å². The molecule has 0 aromatic rings. The average molecular weight is 303 g/mol. The van der Waals surface area contributed by atoms with Crippen LogP contribution in [0.4, 0.5) is 4.79 Å². The van der Waals surface area contributed by atoms with Crippen LogP contribution in [0.15, 0.2) is 0 Å². The van der Waals surface area contributed by atoms with Crippen LogP contribution in [-0.4, -0.2) is 41.0 Å². The van der Waals surface area contributed by atoms with E-state index < -0.39 is 5.60 Å². The fourth-order valence-corrected chi connectivity index (χ4v) is 2.99. The molecule has 5 heteroatoms. The first-order valence-corrected chi connectivity index (χ1v) is 8.50. The van der Waals surface area contributed by atoms with Gasteiger partial charge in [0.25, 0.3) is 0 Å². The average Bonchev–Trinajstić information content (AvgIpc) is 2.58. The molecule has 1 aliphatic rings. The van der Waals surface area contributed by atoms with E-state index in [1.165, 1.54) is 12.0 Å². The molecular formula is C15H29NO3S. The van der Waals surface area contributed by atoms with Gasteiger partial charge in [-0.25, -0.2) is 4.79 Å². The summed E-state index contributed by atoms with van der Waals surface area (Å²) in [4.78, 5) is 14.4. The number of carbonyl (C=O) groups is 1. The number of carbonyl (C=O) groups excluding carboxylic acids is 1. The van der Waals surface area contributed by atoms with Crippen molar-refractivity contribution in [2.75, 3.05) is 12.9 Å². The van der Waals surface area contributed by atoms with Gasteiger partial charge >= 0.3 is 6.09 Å². The number of hydrogen-bond acceptors (Lipinski definition) is 4. The molecule has 1 aliphatic heterocycles. The summed E-state index contributed by atoms with van der Waals surface area (Å²) in [6.07, 6.45) is 5.76. The summed E-state index contributed by atoms with van der Waals surface area (Å²) in [5, 5.41) is 0. The molecule has 0 spiro atoms. The van der Waals surface area contributed by atoms with E-state index >= 15 is 0 Å². The van der Waals surface area contributed by atoms with E-state index in [2.05, 4.69) is 13.8 Å². The second-order valence-corrected chi connectivity index (χ2v) is 7.56. The molecule has 1 atom stereocenters. The quantitative estimate of drug-likeness (QED) is 0.562. The Kier molecular flexibility index (Phi) is 6.20. The Labute approximate surface area is 127 Å². The zero-order valence-electron chi connectivity index (χ0n) is 13.7. The number of amides is 1. The fourth-order valence-electron chi connectivity index (χ4n) is 2.71. The molecular weight excluding hydrogens is 274 g/mol. The molecule has 0 aromatic carbocycles. The first-order chi connectivity index (χ1) is 9.17. The zero-order chi connectivity index (χ0) is 15.4. The van der Waals surface area contributed by atoms with Gasteiger partial charge in [0.15, 0.2) is 0 Å². The van der Waals surface area contributed by atoms with Crippen LogP contribution >= 0.6 is 12.0 Å². The lowest BCUT2D eigenvalue weighted by Crippen LogP contribution is -2.49. The molecule has 20 heavy (non-hydrogen) atoms. The van der Waals surface area contributed by atoms with Crippen LogP contribution < -0.4 is 0 Å². The topological polar surface area (TPSA) is 38.8 Å². The third-order valence-corrected chi connectivity index (χ3v) is 3.98. The Hall–Kier alpha value is -0.420. The lowest BCUT2D eigenvalue weighted by Gasteiger charge is -2.37. The van der Waals surface area contributed by atoms with Crippen LogP contribution in [-0.2, 0) is 8.92 Å². The van der Waals surface area contributed by atoms with Crippen molar-refractivity contribution in [3.63, 3.8) is 0 Å². The fraction of sp³-hybridized carbons (Fsp3) is 0.933. The Morgan fingerprint density at radius 2 is 2.05 bits per heavy atom. The maximum Gasteiger partial charge on any atom is 0.410 e. The van der Waals surface area contributed by atoms with E-state index in [1.807, 2.05) is 31.9 Å². The number of hydrogen-bond donors (Lipinski definition) is 0. The van der Waals surface area contributed by atoms with Crippen molar-refractivity contribution in [2.24, 2.45) is 0 Å². The minimum absolute atomic E-state index is 0.118. The van der Waals surface area contributed by atoms with Gasteiger partial charge in [-0.1, -0.05) is 0 Å². The van der Waals surface area contributed by atoms with Gasteiger partial charge in [0.1, 0.15) is 5.60 Å². The predicted molar refractivity (Wildman–Crippen MR) is 83.9 cm³/mol. The standard InChI is InChI=1S/C15H29NO3S/c1-14(2,3)19-13(17)16-12(8-7-11-18-20-6)9-10-15(16,4)5/h12H,7-11H2,1-6H3. The normalized spacial score (nSPS) is 22.1. The van der Waals surface area contributed by atoms with Crippen LogP contribution in [0.1, 0.15) is 60.3 Å². The minimum Gasteiger partial charge on any atom is -0.444 e. The summed E-state index contributed by atoms with van der Waals surface area (Å²) in [6.45, 7) is 10.7. The number of ether oxygens (including phenoxy) is 1. The van der Waals surface area contributed by atoms with Crippen molar-refractivity contribution < 1.29 is 13.7 Å². The van der Waals surface area contributed by atoms with Crippen molar-refractivity contribution in [3.05, 3.63) is 0 Å². The second-order valence-electron chi connectivity index (χ2n) is 6.99. The van der Waals surface area contributed by atoms with Gasteiger partial charge in [-0.3, -0.25) is 0 Å². The molecule has 1 unspecified atom stereocenters. The van der Waals surface area contributed by atoms with Gasteiger partial charge in [0.2, 0.25) is 0 Å². The first kappa shape index (κ1) is 17.6. The monoisotopic (exact) mass is 303 g/mol. The third-order valence-electron chi connectivity index (χ3n) is 3.58. The summed E-state index contributed by atoms with van der Waals surface area (Å²) in [7, 11) is 0. The van der Waals surface area contributed by atoms with E-state index in [0.717, 1.165) is 32.3 Å². The summed E-state index contributed by atoms with van der Waals surface area (Å²) in [6, 6.07) is 0.269. The van der Waals surface area contributed by atoms with Crippen molar-refractivity contribution >= 4 is 18.1 Å². The maximum atomic E-state index is 12.4. The maximum absolute atomic E-state index is 12.4. The van der Waals surface area contributed by atoms with E-state index in [0.29, 0.717) is 0 Å². The van der Waals surface area contributed by atoms with Crippen molar-refractivity contribution in [3.8, 4) is 0 Å². The molecule has 0 aliphatic carbocycles. The van der Waals surface area contributed by atoms with Crippen LogP contribution in [0.3, 0.4) is 0 Å². The van der Waals surface area contributed by atoms with Crippen molar-refractivity contribution in [2.45, 2.75) is 77.5 Å². The number of likely N-dealkylation sites (tertiary alicyclic amines) is 1. The molecule has 0 radical (unpaired) electrons. The summed E-state index contributed by atoms with van der Waals surface area (Å²) >= 11 is 1.39. The first-order valence-electron chi connectivity index (χ1n) is 7.35. The minimum atomic E-state index is -0.442. The van der Waals surface area contributed by atoms with Gasteiger partial charge in [-0.15, -0.1) is 0 Å². The smallest absolute Gasteiger partial charge is 0.410 e. The SMILES string of the molecule is CSOCCCC1CCC(C)(C)N1C(=O)OC(C)(C)C. The Morgan fingerprint density at radius 3 is 2.60 bits per heavy atom. The third kappa shape index (κ3) is 5.17. The summed E-state index contributed by atoms with van der Waals surface area (Å²) in [5.41, 5.74) is -0.560. The molecule has 0 saturated carbocycles. The molecule has 118 valence electrons. The van der Waals surface area contributed by atoms with Crippen LogP contribution in [0, 0.1) is 0 Å². The molecule has 1 amide bonds. The molecule has 1 saturated heterocycles. The Morgan fingerprint density at radius 1 is 1.40 bits per heavy atom. The largest absolute Gasteiger partial charge is 0.444 e. The van der Waals surface area contributed by atoms with E-state index in [-0.39, 0.29) is 17.7 Å². The zero-order valence-corrected chi connectivity index (χ0v) is 14.5.